The fraction of sp³-hybridized carbons (Fsp3) is 0.636. The van der Waals surface area contributed by atoms with E-state index < -0.39 is 11.9 Å². The monoisotopic (exact) mass is 281 g/mol. The third-order valence-corrected chi connectivity index (χ3v) is 3.33. The van der Waals surface area contributed by atoms with Crippen molar-refractivity contribution in [3.8, 4) is 0 Å². The molecule has 1 atom stereocenters. The molecule has 0 spiro atoms. The van der Waals surface area contributed by atoms with Gasteiger partial charge in [-0.1, -0.05) is 0 Å². The molecule has 2 amide bonds. The molecule has 1 unspecified atom stereocenters. The zero-order chi connectivity index (χ0) is 14.1. The topological polar surface area (TPSA) is 124 Å². The summed E-state index contributed by atoms with van der Waals surface area (Å²) in [6.07, 6.45) is 1.96. The number of carbonyl (C=O) groups excluding carboxylic acids is 2. The number of aromatic nitrogens is 2. The molecule has 1 saturated carbocycles. The van der Waals surface area contributed by atoms with E-state index in [0.717, 1.165) is 12.8 Å². The molecule has 1 saturated heterocycles. The van der Waals surface area contributed by atoms with Gasteiger partial charge in [-0.05, 0) is 23.2 Å². The van der Waals surface area contributed by atoms with Crippen LogP contribution >= 0.6 is 0 Å². The Morgan fingerprint density at radius 2 is 2.15 bits per heavy atom. The third-order valence-electron chi connectivity index (χ3n) is 3.33. The molecule has 1 aliphatic heterocycles. The van der Waals surface area contributed by atoms with Gasteiger partial charge in [-0.15, -0.1) is 0 Å². The fourth-order valence-electron chi connectivity index (χ4n) is 2.07. The van der Waals surface area contributed by atoms with E-state index in [1.165, 1.54) is 4.90 Å². The molecule has 2 aliphatic rings. The summed E-state index contributed by atoms with van der Waals surface area (Å²) in [7, 11) is 0. The molecule has 3 N–H and O–H groups in total. The number of anilines is 1. The van der Waals surface area contributed by atoms with Crippen LogP contribution in [-0.2, 0) is 9.53 Å². The first-order valence-corrected chi connectivity index (χ1v) is 6.44. The Bertz CT molecular complexity index is 527. The standard InChI is InChI=1S/C11H15N5O4/c12-9-8(14-20-15-9)11(18)16-3-4-19-5-7(16)10(17)13-6-1-2-6/h6-7H,1-5H2,(H2,12,15)(H,13,17). The van der Waals surface area contributed by atoms with Crippen molar-refractivity contribution < 1.29 is 19.0 Å². The van der Waals surface area contributed by atoms with E-state index in [1.807, 2.05) is 0 Å². The van der Waals surface area contributed by atoms with E-state index in [4.69, 9.17) is 10.5 Å². The number of nitrogens with zero attached hydrogens (tertiary/aromatic N) is 3. The summed E-state index contributed by atoms with van der Waals surface area (Å²) in [5, 5.41) is 9.72. The van der Waals surface area contributed by atoms with E-state index in [-0.39, 0.29) is 30.1 Å². The maximum Gasteiger partial charge on any atom is 0.280 e. The van der Waals surface area contributed by atoms with Crippen LogP contribution in [0.3, 0.4) is 0 Å². The van der Waals surface area contributed by atoms with Gasteiger partial charge >= 0.3 is 0 Å². The van der Waals surface area contributed by atoms with Gasteiger partial charge in [-0.2, -0.15) is 0 Å². The van der Waals surface area contributed by atoms with E-state index in [0.29, 0.717) is 13.2 Å². The molecule has 0 radical (unpaired) electrons. The minimum atomic E-state index is -0.673. The van der Waals surface area contributed by atoms with Crippen LogP contribution in [0.5, 0.6) is 0 Å². The predicted molar refractivity (Wildman–Crippen MR) is 65.5 cm³/mol. The number of hydrogen-bond acceptors (Lipinski definition) is 7. The molecule has 108 valence electrons. The van der Waals surface area contributed by atoms with Crippen LogP contribution < -0.4 is 11.1 Å². The van der Waals surface area contributed by atoms with Crippen molar-refractivity contribution in [1.82, 2.24) is 20.5 Å². The second-order valence-electron chi connectivity index (χ2n) is 4.87. The average Bonchev–Trinajstić information content (AvgIpc) is 3.17. The van der Waals surface area contributed by atoms with Gasteiger partial charge in [0.1, 0.15) is 6.04 Å². The van der Waals surface area contributed by atoms with Crippen LogP contribution in [0.4, 0.5) is 5.82 Å². The maximum absolute atomic E-state index is 12.3. The van der Waals surface area contributed by atoms with Crippen molar-refractivity contribution >= 4 is 17.6 Å². The Balaban J connectivity index is 1.75. The first kappa shape index (κ1) is 12.9. The van der Waals surface area contributed by atoms with Crippen LogP contribution in [0.1, 0.15) is 23.3 Å². The molecule has 0 bridgehead atoms. The van der Waals surface area contributed by atoms with Crippen LogP contribution in [-0.4, -0.2) is 58.9 Å². The number of morpholine rings is 1. The zero-order valence-corrected chi connectivity index (χ0v) is 10.7. The van der Waals surface area contributed by atoms with Gasteiger partial charge in [0.15, 0.2) is 0 Å². The normalized spacial score (nSPS) is 22.6. The summed E-state index contributed by atoms with van der Waals surface area (Å²) in [4.78, 5) is 25.9. The number of nitrogen functional groups attached to an aromatic ring is 1. The van der Waals surface area contributed by atoms with Gasteiger partial charge in [0, 0.05) is 12.6 Å². The van der Waals surface area contributed by atoms with Crippen LogP contribution in [0, 0.1) is 0 Å². The lowest BCUT2D eigenvalue weighted by Gasteiger charge is -2.34. The highest BCUT2D eigenvalue weighted by Gasteiger charge is 2.37. The summed E-state index contributed by atoms with van der Waals surface area (Å²) < 4.78 is 9.71. The molecule has 0 aromatic carbocycles. The molecule has 2 heterocycles. The molecular formula is C11H15N5O4. The van der Waals surface area contributed by atoms with Crippen molar-refractivity contribution in [1.29, 1.82) is 0 Å². The van der Waals surface area contributed by atoms with E-state index in [1.54, 1.807) is 0 Å². The summed E-state index contributed by atoms with van der Waals surface area (Å²) >= 11 is 0. The Morgan fingerprint density at radius 1 is 1.35 bits per heavy atom. The van der Waals surface area contributed by atoms with Crippen LogP contribution in [0.15, 0.2) is 4.63 Å². The number of amides is 2. The Morgan fingerprint density at radius 3 is 2.80 bits per heavy atom. The minimum Gasteiger partial charge on any atom is -0.379 e. The highest BCUT2D eigenvalue weighted by Crippen LogP contribution is 2.20. The number of carbonyl (C=O) groups is 2. The Kier molecular flexibility index (Phi) is 3.26. The lowest BCUT2D eigenvalue weighted by molar-refractivity contribution is -0.130. The summed E-state index contributed by atoms with van der Waals surface area (Å²) in [6.45, 7) is 0.827. The lowest BCUT2D eigenvalue weighted by atomic mass is 10.2. The van der Waals surface area contributed by atoms with Gasteiger partial charge in [0.05, 0.1) is 13.2 Å². The van der Waals surface area contributed by atoms with E-state index in [2.05, 4.69) is 20.3 Å². The second-order valence-corrected chi connectivity index (χ2v) is 4.87. The molecular weight excluding hydrogens is 266 g/mol. The van der Waals surface area contributed by atoms with Gasteiger partial charge in [0.25, 0.3) is 5.91 Å². The number of rotatable bonds is 3. The van der Waals surface area contributed by atoms with Crippen molar-refractivity contribution in [3.63, 3.8) is 0 Å². The second kappa shape index (κ2) is 5.08. The third kappa shape index (κ3) is 2.44. The average molecular weight is 281 g/mol. The highest BCUT2D eigenvalue weighted by atomic mass is 16.6. The van der Waals surface area contributed by atoms with Crippen molar-refractivity contribution in [2.24, 2.45) is 0 Å². The van der Waals surface area contributed by atoms with Gasteiger partial charge in [-0.3, -0.25) is 9.59 Å². The fourth-order valence-corrected chi connectivity index (χ4v) is 2.07. The Hall–Kier alpha value is -2.16. The van der Waals surface area contributed by atoms with Gasteiger partial charge < -0.3 is 20.7 Å². The van der Waals surface area contributed by atoms with Crippen LogP contribution in [0.25, 0.3) is 0 Å². The number of nitrogens with two attached hydrogens (primary N) is 1. The SMILES string of the molecule is Nc1nonc1C(=O)N1CCOCC1C(=O)NC1CC1. The first-order valence-electron chi connectivity index (χ1n) is 6.44. The van der Waals surface area contributed by atoms with E-state index >= 15 is 0 Å². The Labute approximate surface area is 114 Å². The zero-order valence-electron chi connectivity index (χ0n) is 10.7. The minimum absolute atomic E-state index is 0.0730. The number of hydrogen-bond donors (Lipinski definition) is 2. The van der Waals surface area contributed by atoms with Crippen LogP contribution in [0.2, 0.25) is 0 Å². The van der Waals surface area contributed by atoms with E-state index in [9.17, 15) is 9.59 Å². The largest absolute Gasteiger partial charge is 0.379 e. The maximum atomic E-state index is 12.3. The van der Waals surface area contributed by atoms with Crippen molar-refractivity contribution in [2.75, 3.05) is 25.5 Å². The van der Waals surface area contributed by atoms with Gasteiger partial charge in [0.2, 0.25) is 17.4 Å². The number of ether oxygens (including phenoxy) is 1. The molecule has 9 nitrogen and oxygen atoms in total. The van der Waals surface area contributed by atoms with Crippen molar-refractivity contribution in [2.45, 2.75) is 24.9 Å². The molecule has 9 heteroatoms. The molecule has 1 aliphatic carbocycles. The molecule has 20 heavy (non-hydrogen) atoms. The highest BCUT2D eigenvalue weighted by molar-refractivity contribution is 5.99. The smallest absolute Gasteiger partial charge is 0.280 e. The summed E-state index contributed by atoms with van der Waals surface area (Å²) in [6, 6.07) is -0.451. The summed E-state index contributed by atoms with van der Waals surface area (Å²) in [5.74, 6) is -0.763. The van der Waals surface area contributed by atoms with Crippen molar-refractivity contribution in [3.05, 3.63) is 5.69 Å². The quantitative estimate of drug-likeness (QED) is 0.711. The summed E-state index contributed by atoms with van der Waals surface area (Å²) in [5.41, 5.74) is 5.44. The molecule has 1 aromatic rings. The molecule has 2 fully saturated rings. The lowest BCUT2D eigenvalue weighted by Crippen LogP contribution is -2.56. The first-order chi connectivity index (χ1) is 9.66. The molecule has 1 aromatic heterocycles. The molecule has 3 rings (SSSR count). The van der Waals surface area contributed by atoms with Gasteiger partial charge in [-0.25, -0.2) is 4.63 Å². The number of nitrogens with one attached hydrogen (secondary N) is 1. The predicted octanol–water partition coefficient (Wildman–Crippen LogP) is -1.23.